The SMILES string of the molecule is CC(=O)c1ncccc1N1NNN=C1C. The monoisotopic (exact) mass is 205 g/mol. The molecule has 0 aliphatic carbocycles. The number of carbonyl (C=O) groups excluding carboxylic acids is 1. The molecule has 0 radical (unpaired) electrons. The Hall–Kier alpha value is -1.95. The fraction of sp³-hybridized carbons (Fsp3) is 0.222. The number of carbonyl (C=O) groups is 1. The smallest absolute Gasteiger partial charge is 0.180 e. The molecule has 2 heterocycles. The average Bonchev–Trinajstić information content (AvgIpc) is 2.64. The zero-order chi connectivity index (χ0) is 10.8. The van der Waals surface area contributed by atoms with Crippen molar-refractivity contribution in [3.8, 4) is 0 Å². The van der Waals surface area contributed by atoms with Gasteiger partial charge in [-0.25, -0.2) is 10.5 Å². The van der Waals surface area contributed by atoms with E-state index in [2.05, 4.69) is 21.2 Å². The second-order valence-corrected chi connectivity index (χ2v) is 3.15. The Bertz CT molecular complexity index is 428. The molecule has 0 aromatic carbocycles. The molecule has 0 saturated heterocycles. The second-order valence-electron chi connectivity index (χ2n) is 3.15. The Morgan fingerprint density at radius 2 is 2.33 bits per heavy atom. The van der Waals surface area contributed by atoms with Gasteiger partial charge in [0.05, 0.1) is 5.69 Å². The second kappa shape index (κ2) is 3.66. The zero-order valence-electron chi connectivity index (χ0n) is 8.48. The molecule has 0 bridgehead atoms. The van der Waals surface area contributed by atoms with Crippen molar-refractivity contribution in [3.05, 3.63) is 24.0 Å². The topological polar surface area (TPSA) is 69.6 Å². The van der Waals surface area contributed by atoms with Crippen molar-refractivity contribution >= 4 is 17.3 Å². The van der Waals surface area contributed by atoms with E-state index >= 15 is 0 Å². The van der Waals surface area contributed by atoms with E-state index in [-0.39, 0.29) is 5.78 Å². The average molecular weight is 205 g/mol. The van der Waals surface area contributed by atoms with Crippen LogP contribution in [0.15, 0.2) is 23.4 Å². The highest BCUT2D eigenvalue weighted by Crippen LogP contribution is 2.18. The van der Waals surface area contributed by atoms with Gasteiger partial charge in [0.2, 0.25) is 0 Å². The van der Waals surface area contributed by atoms with E-state index in [1.54, 1.807) is 17.3 Å². The van der Waals surface area contributed by atoms with Crippen molar-refractivity contribution in [2.24, 2.45) is 5.10 Å². The van der Waals surface area contributed by atoms with Crippen molar-refractivity contribution in [2.75, 3.05) is 5.01 Å². The van der Waals surface area contributed by atoms with Gasteiger partial charge in [0, 0.05) is 13.1 Å². The number of hydrazone groups is 1. The first-order chi connectivity index (χ1) is 7.20. The number of hydrogen-bond acceptors (Lipinski definition) is 6. The molecule has 0 saturated carbocycles. The molecule has 2 rings (SSSR count). The molecule has 1 aliphatic rings. The molecular formula is C9H11N5O. The summed E-state index contributed by atoms with van der Waals surface area (Å²) in [5.41, 5.74) is 6.53. The van der Waals surface area contributed by atoms with Gasteiger partial charge >= 0.3 is 0 Å². The van der Waals surface area contributed by atoms with Crippen molar-refractivity contribution in [3.63, 3.8) is 0 Å². The van der Waals surface area contributed by atoms with E-state index in [1.807, 2.05) is 13.0 Å². The maximum Gasteiger partial charge on any atom is 0.180 e. The lowest BCUT2D eigenvalue weighted by Crippen LogP contribution is -2.41. The molecule has 0 spiro atoms. The van der Waals surface area contributed by atoms with Crippen LogP contribution in [0.3, 0.4) is 0 Å². The zero-order valence-corrected chi connectivity index (χ0v) is 8.48. The van der Waals surface area contributed by atoms with E-state index < -0.39 is 0 Å². The van der Waals surface area contributed by atoms with E-state index in [0.717, 1.165) is 5.84 Å². The van der Waals surface area contributed by atoms with Crippen LogP contribution in [0.1, 0.15) is 24.3 Å². The number of Topliss-reactive ketones (excluding diaryl/α,β-unsaturated/α-hetero) is 1. The number of hydrogen-bond donors (Lipinski definition) is 2. The Balaban J connectivity index is 2.43. The highest BCUT2D eigenvalue weighted by atomic mass is 16.1. The first-order valence-electron chi connectivity index (χ1n) is 4.51. The fourth-order valence-corrected chi connectivity index (χ4v) is 1.37. The van der Waals surface area contributed by atoms with E-state index in [1.165, 1.54) is 6.92 Å². The molecule has 0 unspecified atom stereocenters. The summed E-state index contributed by atoms with van der Waals surface area (Å²) in [5.74, 6) is 0.651. The fourth-order valence-electron chi connectivity index (χ4n) is 1.37. The summed E-state index contributed by atoms with van der Waals surface area (Å²) in [6.07, 6.45) is 1.59. The lowest BCUT2D eigenvalue weighted by molar-refractivity contribution is 0.101. The van der Waals surface area contributed by atoms with Gasteiger partial charge in [-0.15, -0.1) is 10.6 Å². The molecule has 0 atom stereocenters. The van der Waals surface area contributed by atoms with Crippen molar-refractivity contribution in [1.29, 1.82) is 0 Å². The first-order valence-corrected chi connectivity index (χ1v) is 4.51. The van der Waals surface area contributed by atoms with Crippen LogP contribution in [0, 0.1) is 0 Å². The van der Waals surface area contributed by atoms with Gasteiger partial charge in [-0.1, -0.05) is 0 Å². The number of amidine groups is 1. The summed E-state index contributed by atoms with van der Waals surface area (Å²) in [6, 6.07) is 3.58. The lowest BCUT2D eigenvalue weighted by atomic mass is 10.2. The molecule has 1 aromatic rings. The Labute approximate surface area is 86.9 Å². The Morgan fingerprint density at radius 3 is 2.93 bits per heavy atom. The van der Waals surface area contributed by atoms with Crippen LogP contribution in [-0.2, 0) is 0 Å². The van der Waals surface area contributed by atoms with Gasteiger partial charge in [-0.3, -0.25) is 9.78 Å². The van der Waals surface area contributed by atoms with E-state index in [0.29, 0.717) is 11.4 Å². The number of pyridine rings is 1. The number of ketones is 1. The Morgan fingerprint density at radius 1 is 1.53 bits per heavy atom. The highest BCUT2D eigenvalue weighted by Gasteiger charge is 2.19. The molecule has 2 N–H and O–H groups in total. The predicted octanol–water partition coefficient (Wildman–Crippen LogP) is 0.447. The molecule has 0 fully saturated rings. The number of anilines is 1. The number of nitrogens with zero attached hydrogens (tertiary/aromatic N) is 3. The molecule has 1 aromatic heterocycles. The van der Waals surface area contributed by atoms with Gasteiger partial charge in [-0.05, 0) is 19.1 Å². The minimum Gasteiger partial charge on any atom is -0.293 e. The Kier molecular flexibility index (Phi) is 2.34. The number of hydrazine groups is 2. The largest absolute Gasteiger partial charge is 0.293 e. The normalized spacial score (nSPS) is 14.8. The maximum absolute atomic E-state index is 11.4. The number of nitrogens with one attached hydrogen (secondary N) is 2. The molecule has 0 amide bonds. The highest BCUT2D eigenvalue weighted by molar-refractivity contribution is 6.04. The molecule has 15 heavy (non-hydrogen) atoms. The predicted molar refractivity (Wildman–Crippen MR) is 56.1 cm³/mol. The van der Waals surface area contributed by atoms with Gasteiger partial charge in [-0.2, -0.15) is 0 Å². The minimum atomic E-state index is -0.0768. The summed E-state index contributed by atoms with van der Waals surface area (Å²) < 4.78 is 0. The van der Waals surface area contributed by atoms with Crippen LogP contribution >= 0.6 is 0 Å². The van der Waals surface area contributed by atoms with Crippen LogP contribution in [0.25, 0.3) is 0 Å². The molecule has 1 aliphatic heterocycles. The third-order valence-electron chi connectivity index (χ3n) is 2.06. The molecular weight excluding hydrogens is 194 g/mol. The number of rotatable bonds is 2. The van der Waals surface area contributed by atoms with Gasteiger partial charge in [0.15, 0.2) is 5.78 Å². The summed E-state index contributed by atoms with van der Waals surface area (Å²) in [7, 11) is 0. The molecule has 78 valence electrons. The minimum absolute atomic E-state index is 0.0768. The summed E-state index contributed by atoms with van der Waals surface area (Å²) in [4.78, 5) is 15.4. The van der Waals surface area contributed by atoms with E-state index in [9.17, 15) is 4.79 Å². The lowest BCUT2D eigenvalue weighted by Gasteiger charge is -2.18. The quantitative estimate of drug-likeness (QED) is 0.686. The van der Waals surface area contributed by atoms with Crippen LogP contribution in [0.2, 0.25) is 0 Å². The van der Waals surface area contributed by atoms with Crippen LogP contribution in [0.5, 0.6) is 0 Å². The third-order valence-corrected chi connectivity index (χ3v) is 2.06. The number of aromatic nitrogens is 1. The van der Waals surface area contributed by atoms with E-state index in [4.69, 9.17) is 0 Å². The van der Waals surface area contributed by atoms with Crippen molar-refractivity contribution in [2.45, 2.75) is 13.8 Å². The summed E-state index contributed by atoms with van der Waals surface area (Å²) >= 11 is 0. The van der Waals surface area contributed by atoms with Gasteiger partial charge in [0.1, 0.15) is 11.5 Å². The molecule has 6 nitrogen and oxygen atoms in total. The van der Waals surface area contributed by atoms with Crippen molar-refractivity contribution < 1.29 is 4.79 Å². The summed E-state index contributed by atoms with van der Waals surface area (Å²) in [5, 5.41) is 5.61. The first kappa shape index (κ1) is 9.60. The van der Waals surface area contributed by atoms with Crippen molar-refractivity contribution in [1.82, 2.24) is 16.1 Å². The molecule has 6 heteroatoms. The summed E-state index contributed by atoms with van der Waals surface area (Å²) in [6.45, 7) is 3.31. The van der Waals surface area contributed by atoms with Crippen LogP contribution in [-0.4, -0.2) is 16.6 Å². The standard InChI is InChI=1S/C9H11N5O/c1-6(15)9-8(4-3-5-10-9)14-7(2)11-12-13-14/h3-5,12-13H,1-2H3. The van der Waals surface area contributed by atoms with Crippen LogP contribution in [0.4, 0.5) is 5.69 Å². The van der Waals surface area contributed by atoms with Gasteiger partial charge < -0.3 is 0 Å². The maximum atomic E-state index is 11.4. The third kappa shape index (κ3) is 1.66. The van der Waals surface area contributed by atoms with Gasteiger partial charge in [0.25, 0.3) is 0 Å². The van der Waals surface area contributed by atoms with Crippen LogP contribution < -0.4 is 16.1 Å².